The first-order valence-corrected chi connectivity index (χ1v) is 9.33. The minimum atomic E-state index is -0.444. The standard InChI is InChI=1S/C18H26BrN3O2/c1-3-12(2)16(20)18(24)22-10-8-13(9-11-22)17(23)21-15-7-5-4-6-14(15)19/h4-7,12-13,16H,3,8-11,20H2,1-2H3,(H,21,23). The van der Waals surface area contributed by atoms with Crippen LogP contribution in [0.15, 0.2) is 28.7 Å². The predicted molar refractivity (Wildman–Crippen MR) is 99.5 cm³/mol. The lowest BCUT2D eigenvalue weighted by Crippen LogP contribution is -2.50. The number of likely N-dealkylation sites (tertiary alicyclic amines) is 1. The Morgan fingerprint density at radius 2 is 1.96 bits per heavy atom. The van der Waals surface area contributed by atoms with E-state index in [2.05, 4.69) is 21.2 Å². The molecule has 0 radical (unpaired) electrons. The Hall–Kier alpha value is -1.40. The monoisotopic (exact) mass is 395 g/mol. The van der Waals surface area contributed by atoms with Gasteiger partial charge >= 0.3 is 0 Å². The van der Waals surface area contributed by atoms with Gasteiger partial charge in [-0.05, 0) is 46.8 Å². The van der Waals surface area contributed by atoms with Crippen LogP contribution in [0.25, 0.3) is 0 Å². The Labute approximate surface area is 152 Å². The van der Waals surface area contributed by atoms with Crippen molar-refractivity contribution in [1.29, 1.82) is 0 Å². The molecule has 2 unspecified atom stereocenters. The van der Waals surface area contributed by atoms with E-state index < -0.39 is 6.04 Å². The average molecular weight is 396 g/mol. The Morgan fingerprint density at radius 1 is 1.33 bits per heavy atom. The number of amides is 2. The van der Waals surface area contributed by atoms with E-state index in [9.17, 15) is 9.59 Å². The zero-order chi connectivity index (χ0) is 17.7. The molecule has 6 heteroatoms. The summed E-state index contributed by atoms with van der Waals surface area (Å²) in [7, 11) is 0. The van der Waals surface area contributed by atoms with Gasteiger partial charge in [-0.2, -0.15) is 0 Å². The van der Waals surface area contributed by atoms with Crippen molar-refractivity contribution in [3.63, 3.8) is 0 Å². The van der Waals surface area contributed by atoms with Crippen molar-refractivity contribution >= 4 is 33.4 Å². The lowest BCUT2D eigenvalue weighted by atomic mass is 9.93. The van der Waals surface area contributed by atoms with E-state index in [-0.39, 0.29) is 23.7 Å². The van der Waals surface area contributed by atoms with E-state index in [1.807, 2.05) is 38.1 Å². The van der Waals surface area contributed by atoms with Gasteiger partial charge in [0.25, 0.3) is 0 Å². The van der Waals surface area contributed by atoms with Gasteiger partial charge < -0.3 is 16.0 Å². The number of anilines is 1. The molecular formula is C18H26BrN3O2. The third-order valence-corrected chi connectivity index (χ3v) is 5.54. The molecule has 0 spiro atoms. The molecule has 0 aromatic heterocycles. The van der Waals surface area contributed by atoms with Crippen LogP contribution in [-0.2, 0) is 9.59 Å². The van der Waals surface area contributed by atoms with Crippen LogP contribution in [0.2, 0.25) is 0 Å². The van der Waals surface area contributed by atoms with Crippen LogP contribution in [0.1, 0.15) is 33.1 Å². The molecule has 132 valence electrons. The Balaban J connectivity index is 1.87. The van der Waals surface area contributed by atoms with Gasteiger partial charge in [0, 0.05) is 23.5 Å². The van der Waals surface area contributed by atoms with Crippen LogP contribution >= 0.6 is 15.9 Å². The van der Waals surface area contributed by atoms with Crippen molar-refractivity contribution in [1.82, 2.24) is 4.90 Å². The zero-order valence-electron chi connectivity index (χ0n) is 14.3. The van der Waals surface area contributed by atoms with Crippen molar-refractivity contribution in [3.8, 4) is 0 Å². The first-order chi connectivity index (χ1) is 11.4. The number of piperidine rings is 1. The Morgan fingerprint density at radius 3 is 2.54 bits per heavy atom. The number of para-hydroxylation sites is 1. The lowest BCUT2D eigenvalue weighted by Gasteiger charge is -2.34. The normalized spacial score (nSPS) is 18.1. The number of rotatable bonds is 5. The molecule has 1 aromatic carbocycles. The van der Waals surface area contributed by atoms with Gasteiger partial charge in [0.1, 0.15) is 0 Å². The smallest absolute Gasteiger partial charge is 0.239 e. The van der Waals surface area contributed by atoms with Gasteiger partial charge in [0.05, 0.1) is 11.7 Å². The van der Waals surface area contributed by atoms with Gasteiger partial charge in [-0.3, -0.25) is 9.59 Å². The molecule has 3 N–H and O–H groups in total. The summed E-state index contributed by atoms with van der Waals surface area (Å²) >= 11 is 3.43. The molecule has 2 atom stereocenters. The first-order valence-electron chi connectivity index (χ1n) is 8.53. The average Bonchev–Trinajstić information content (AvgIpc) is 2.61. The molecule has 2 rings (SSSR count). The maximum Gasteiger partial charge on any atom is 0.239 e. The fourth-order valence-corrected chi connectivity index (χ4v) is 3.25. The number of carbonyl (C=O) groups excluding carboxylic acids is 2. The fraction of sp³-hybridized carbons (Fsp3) is 0.556. The van der Waals surface area contributed by atoms with Gasteiger partial charge in [0.15, 0.2) is 0 Å². The highest BCUT2D eigenvalue weighted by molar-refractivity contribution is 9.10. The number of carbonyl (C=O) groups is 2. The van der Waals surface area contributed by atoms with E-state index >= 15 is 0 Å². The molecule has 5 nitrogen and oxygen atoms in total. The minimum Gasteiger partial charge on any atom is -0.341 e. The van der Waals surface area contributed by atoms with E-state index in [0.717, 1.165) is 16.6 Å². The number of hydrogen-bond acceptors (Lipinski definition) is 3. The number of hydrogen-bond donors (Lipinski definition) is 2. The molecule has 1 aromatic rings. The molecule has 1 saturated heterocycles. The summed E-state index contributed by atoms with van der Waals surface area (Å²) in [5.41, 5.74) is 6.82. The van der Waals surface area contributed by atoms with Crippen LogP contribution in [0.5, 0.6) is 0 Å². The largest absolute Gasteiger partial charge is 0.341 e. The lowest BCUT2D eigenvalue weighted by molar-refractivity contribution is -0.136. The van der Waals surface area contributed by atoms with Crippen LogP contribution in [0.3, 0.4) is 0 Å². The molecule has 0 saturated carbocycles. The summed E-state index contributed by atoms with van der Waals surface area (Å²) in [5.74, 6) is 0.129. The molecule has 1 aliphatic rings. The maximum absolute atomic E-state index is 12.4. The second-order valence-corrected chi connectivity index (χ2v) is 7.33. The summed E-state index contributed by atoms with van der Waals surface area (Å²) in [6.07, 6.45) is 2.24. The summed E-state index contributed by atoms with van der Waals surface area (Å²) in [4.78, 5) is 26.6. The fourth-order valence-electron chi connectivity index (χ4n) is 2.87. The van der Waals surface area contributed by atoms with Crippen molar-refractivity contribution in [2.24, 2.45) is 17.6 Å². The second-order valence-electron chi connectivity index (χ2n) is 6.48. The number of halogens is 1. The highest BCUT2D eigenvalue weighted by Crippen LogP contribution is 2.25. The number of nitrogens with two attached hydrogens (primary N) is 1. The van der Waals surface area contributed by atoms with E-state index in [1.54, 1.807) is 4.90 Å². The maximum atomic E-state index is 12.4. The minimum absolute atomic E-state index is 0.00834. The summed E-state index contributed by atoms with van der Waals surface area (Å²) in [6.45, 7) is 5.23. The molecule has 1 aliphatic heterocycles. The van der Waals surface area contributed by atoms with E-state index in [1.165, 1.54) is 0 Å². The molecule has 24 heavy (non-hydrogen) atoms. The molecule has 0 aliphatic carbocycles. The number of nitrogens with zero attached hydrogens (tertiary/aromatic N) is 1. The Bertz CT molecular complexity index is 585. The number of benzene rings is 1. The third kappa shape index (κ3) is 4.57. The van der Waals surface area contributed by atoms with Crippen LogP contribution in [-0.4, -0.2) is 35.8 Å². The third-order valence-electron chi connectivity index (χ3n) is 4.85. The van der Waals surface area contributed by atoms with E-state index in [4.69, 9.17) is 5.73 Å². The molecule has 2 amide bonds. The van der Waals surface area contributed by atoms with Crippen molar-refractivity contribution in [3.05, 3.63) is 28.7 Å². The SMILES string of the molecule is CCC(C)C(N)C(=O)N1CCC(C(=O)Nc2ccccc2Br)CC1. The van der Waals surface area contributed by atoms with Crippen molar-refractivity contribution < 1.29 is 9.59 Å². The quantitative estimate of drug-likeness (QED) is 0.804. The van der Waals surface area contributed by atoms with Crippen LogP contribution in [0, 0.1) is 11.8 Å². The van der Waals surface area contributed by atoms with Gasteiger partial charge in [0.2, 0.25) is 11.8 Å². The molecular weight excluding hydrogens is 370 g/mol. The van der Waals surface area contributed by atoms with Crippen LogP contribution < -0.4 is 11.1 Å². The number of nitrogens with one attached hydrogen (secondary N) is 1. The van der Waals surface area contributed by atoms with Crippen LogP contribution in [0.4, 0.5) is 5.69 Å². The molecule has 1 fully saturated rings. The first kappa shape index (κ1) is 18.9. The second kappa shape index (κ2) is 8.62. The zero-order valence-corrected chi connectivity index (χ0v) is 15.9. The highest BCUT2D eigenvalue weighted by atomic mass is 79.9. The van der Waals surface area contributed by atoms with E-state index in [0.29, 0.717) is 25.9 Å². The molecule has 0 bridgehead atoms. The van der Waals surface area contributed by atoms with Crippen molar-refractivity contribution in [2.45, 2.75) is 39.2 Å². The van der Waals surface area contributed by atoms with Gasteiger partial charge in [-0.1, -0.05) is 32.4 Å². The molecule has 1 heterocycles. The van der Waals surface area contributed by atoms with Gasteiger partial charge in [-0.25, -0.2) is 0 Å². The summed E-state index contributed by atoms with van der Waals surface area (Å²) < 4.78 is 0.866. The topological polar surface area (TPSA) is 75.4 Å². The predicted octanol–water partition coefficient (Wildman–Crippen LogP) is 3.00. The van der Waals surface area contributed by atoms with Crippen molar-refractivity contribution in [2.75, 3.05) is 18.4 Å². The highest BCUT2D eigenvalue weighted by Gasteiger charge is 2.31. The Kier molecular flexibility index (Phi) is 6.80. The summed E-state index contributed by atoms with van der Waals surface area (Å²) in [5, 5.41) is 2.96. The summed E-state index contributed by atoms with van der Waals surface area (Å²) in [6, 6.07) is 7.11. The van der Waals surface area contributed by atoms with Gasteiger partial charge in [-0.15, -0.1) is 0 Å².